The van der Waals surface area contributed by atoms with Crippen LogP contribution in [0.3, 0.4) is 0 Å². The minimum Gasteiger partial charge on any atom is -0.369 e. The van der Waals surface area contributed by atoms with E-state index in [2.05, 4.69) is 27.2 Å². The lowest BCUT2D eigenvalue weighted by molar-refractivity contribution is -0.121. The Morgan fingerprint density at radius 3 is 2.32 bits per heavy atom. The molecule has 1 aliphatic rings. The van der Waals surface area contributed by atoms with Crippen molar-refractivity contribution in [1.29, 1.82) is 0 Å². The highest BCUT2D eigenvalue weighted by atomic mass is 35.5. The molecule has 132 valence electrons. The number of piperazine rings is 1. The van der Waals surface area contributed by atoms with Gasteiger partial charge in [0.25, 0.3) is 0 Å². The van der Waals surface area contributed by atoms with Crippen LogP contribution in [0, 0.1) is 0 Å². The summed E-state index contributed by atoms with van der Waals surface area (Å²) in [6.45, 7) is 5.34. The summed E-state index contributed by atoms with van der Waals surface area (Å²) in [6.07, 6.45) is 0.549. The summed E-state index contributed by atoms with van der Waals surface area (Å²) in [5.41, 5.74) is 2.34. The predicted octanol–water partition coefficient (Wildman–Crippen LogP) is 3.17. The van der Waals surface area contributed by atoms with Crippen LogP contribution in [-0.2, 0) is 11.3 Å². The van der Waals surface area contributed by atoms with Crippen LogP contribution in [0.1, 0.15) is 12.0 Å². The number of nitrogens with one attached hydrogen (secondary N) is 1. The molecule has 1 saturated heterocycles. The maximum atomic E-state index is 12.0. The molecular formula is C20H24ClN3O. The predicted molar refractivity (Wildman–Crippen MR) is 103 cm³/mol. The summed E-state index contributed by atoms with van der Waals surface area (Å²) < 4.78 is 0. The monoisotopic (exact) mass is 357 g/mol. The number of hydrogen-bond donors (Lipinski definition) is 1. The van der Waals surface area contributed by atoms with E-state index in [1.165, 1.54) is 5.69 Å². The number of amides is 1. The van der Waals surface area contributed by atoms with E-state index in [0.29, 0.717) is 13.0 Å². The standard InChI is InChI=1S/C20H24ClN3O/c21-18-6-8-19(9-7-18)24-14-12-23(13-15-24)11-10-20(25)22-16-17-4-2-1-3-5-17/h1-9H,10-16H2,(H,22,25). The van der Waals surface area contributed by atoms with E-state index in [9.17, 15) is 4.79 Å². The Bertz CT molecular complexity index is 667. The smallest absolute Gasteiger partial charge is 0.221 e. The molecule has 1 N–H and O–H groups in total. The van der Waals surface area contributed by atoms with Crippen molar-refractivity contribution in [2.75, 3.05) is 37.6 Å². The zero-order chi connectivity index (χ0) is 17.5. The lowest BCUT2D eigenvalue weighted by Gasteiger charge is -2.36. The number of benzene rings is 2. The molecule has 1 fully saturated rings. The fraction of sp³-hybridized carbons (Fsp3) is 0.350. The largest absolute Gasteiger partial charge is 0.369 e. The van der Waals surface area contributed by atoms with Crippen LogP contribution in [0.5, 0.6) is 0 Å². The van der Waals surface area contributed by atoms with Gasteiger partial charge in [-0.3, -0.25) is 9.69 Å². The van der Waals surface area contributed by atoms with Crippen LogP contribution in [-0.4, -0.2) is 43.5 Å². The molecule has 0 aliphatic carbocycles. The second-order valence-corrected chi connectivity index (χ2v) is 6.75. The van der Waals surface area contributed by atoms with Gasteiger partial charge in [0.2, 0.25) is 5.91 Å². The van der Waals surface area contributed by atoms with E-state index in [4.69, 9.17) is 11.6 Å². The lowest BCUT2D eigenvalue weighted by atomic mass is 10.2. The number of anilines is 1. The Morgan fingerprint density at radius 1 is 0.960 bits per heavy atom. The first-order valence-corrected chi connectivity index (χ1v) is 9.12. The van der Waals surface area contributed by atoms with Gasteiger partial charge in [0.05, 0.1) is 0 Å². The van der Waals surface area contributed by atoms with Crippen molar-refractivity contribution in [1.82, 2.24) is 10.2 Å². The minimum atomic E-state index is 0.115. The molecule has 1 amide bonds. The third-order valence-corrected chi connectivity index (χ3v) is 4.80. The first kappa shape index (κ1) is 17.8. The van der Waals surface area contributed by atoms with Crippen molar-refractivity contribution in [3.63, 3.8) is 0 Å². The van der Waals surface area contributed by atoms with Crippen LogP contribution in [0.25, 0.3) is 0 Å². The average molecular weight is 358 g/mol. The second-order valence-electron chi connectivity index (χ2n) is 6.32. The van der Waals surface area contributed by atoms with E-state index in [1.807, 2.05) is 42.5 Å². The van der Waals surface area contributed by atoms with Gasteiger partial charge < -0.3 is 10.2 Å². The minimum absolute atomic E-state index is 0.115. The summed E-state index contributed by atoms with van der Waals surface area (Å²) in [5.74, 6) is 0.115. The third kappa shape index (κ3) is 5.48. The molecule has 0 radical (unpaired) electrons. The van der Waals surface area contributed by atoms with E-state index < -0.39 is 0 Å². The lowest BCUT2D eigenvalue weighted by Crippen LogP contribution is -2.47. The zero-order valence-electron chi connectivity index (χ0n) is 14.3. The first-order valence-electron chi connectivity index (χ1n) is 8.74. The molecular weight excluding hydrogens is 334 g/mol. The highest BCUT2D eigenvalue weighted by Crippen LogP contribution is 2.19. The molecule has 0 spiro atoms. The van der Waals surface area contributed by atoms with Crippen molar-refractivity contribution >= 4 is 23.2 Å². The van der Waals surface area contributed by atoms with Crippen molar-refractivity contribution < 1.29 is 4.79 Å². The molecule has 5 heteroatoms. The normalized spacial score (nSPS) is 15.2. The zero-order valence-corrected chi connectivity index (χ0v) is 15.1. The third-order valence-electron chi connectivity index (χ3n) is 4.55. The van der Waals surface area contributed by atoms with Crippen molar-refractivity contribution in [2.24, 2.45) is 0 Å². The van der Waals surface area contributed by atoms with Gasteiger partial charge in [-0.05, 0) is 29.8 Å². The summed E-state index contributed by atoms with van der Waals surface area (Å²) in [4.78, 5) is 16.7. The summed E-state index contributed by atoms with van der Waals surface area (Å²) in [5, 5.41) is 3.76. The molecule has 2 aromatic rings. The first-order chi connectivity index (χ1) is 12.2. The number of rotatable bonds is 6. The Morgan fingerprint density at radius 2 is 1.64 bits per heavy atom. The van der Waals surface area contributed by atoms with E-state index in [0.717, 1.165) is 43.3 Å². The fourth-order valence-corrected chi connectivity index (χ4v) is 3.15. The van der Waals surface area contributed by atoms with Crippen molar-refractivity contribution in [2.45, 2.75) is 13.0 Å². The van der Waals surface area contributed by atoms with Crippen LogP contribution in [0.4, 0.5) is 5.69 Å². The Labute approximate surface area is 154 Å². The van der Waals surface area contributed by atoms with Crippen LogP contribution < -0.4 is 10.2 Å². The maximum absolute atomic E-state index is 12.0. The van der Waals surface area contributed by atoms with Gasteiger partial charge in [0.15, 0.2) is 0 Å². The summed E-state index contributed by atoms with van der Waals surface area (Å²) >= 11 is 5.94. The summed E-state index contributed by atoms with van der Waals surface area (Å²) in [6, 6.07) is 18.0. The molecule has 3 rings (SSSR count). The molecule has 0 saturated carbocycles. The fourth-order valence-electron chi connectivity index (χ4n) is 3.03. The number of carbonyl (C=O) groups is 1. The average Bonchev–Trinajstić information content (AvgIpc) is 2.67. The number of halogens is 1. The van der Waals surface area contributed by atoms with E-state index >= 15 is 0 Å². The van der Waals surface area contributed by atoms with E-state index in [-0.39, 0.29) is 5.91 Å². The highest BCUT2D eigenvalue weighted by Gasteiger charge is 2.17. The van der Waals surface area contributed by atoms with Gasteiger partial charge in [0, 0.05) is 56.4 Å². The van der Waals surface area contributed by atoms with Gasteiger partial charge >= 0.3 is 0 Å². The molecule has 4 nitrogen and oxygen atoms in total. The second kappa shape index (κ2) is 8.88. The Kier molecular flexibility index (Phi) is 6.31. The van der Waals surface area contributed by atoms with Gasteiger partial charge in [-0.2, -0.15) is 0 Å². The van der Waals surface area contributed by atoms with Gasteiger partial charge in [-0.1, -0.05) is 41.9 Å². The molecule has 0 aromatic heterocycles. The quantitative estimate of drug-likeness (QED) is 0.862. The SMILES string of the molecule is O=C(CCN1CCN(c2ccc(Cl)cc2)CC1)NCc1ccccc1. The Balaban J connectivity index is 1.36. The number of hydrogen-bond acceptors (Lipinski definition) is 3. The van der Waals surface area contributed by atoms with Crippen LogP contribution >= 0.6 is 11.6 Å². The van der Waals surface area contributed by atoms with Gasteiger partial charge in [0.1, 0.15) is 0 Å². The molecule has 1 aliphatic heterocycles. The molecule has 0 atom stereocenters. The van der Waals surface area contributed by atoms with E-state index in [1.54, 1.807) is 0 Å². The van der Waals surface area contributed by atoms with Crippen LogP contribution in [0.2, 0.25) is 5.02 Å². The van der Waals surface area contributed by atoms with Crippen molar-refractivity contribution in [3.05, 3.63) is 65.2 Å². The molecule has 0 bridgehead atoms. The molecule has 25 heavy (non-hydrogen) atoms. The number of nitrogens with zero attached hydrogens (tertiary/aromatic N) is 2. The molecule has 2 aromatic carbocycles. The Hall–Kier alpha value is -2.04. The molecule has 0 unspecified atom stereocenters. The highest BCUT2D eigenvalue weighted by molar-refractivity contribution is 6.30. The van der Waals surface area contributed by atoms with Gasteiger partial charge in [-0.25, -0.2) is 0 Å². The molecule has 1 heterocycles. The number of carbonyl (C=O) groups excluding carboxylic acids is 1. The van der Waals surface area contributed by atoms with Crippen molar-refractivity contribution in [3.8, 4) is 0 Å². The maximum Gasteiger partial charge on any atom is 0.221 e. The van der Waals surface area contributed by atoms with Crippen LogP contribution in [0.15, 0.2) is 54.6 Å². The topological polar surface area (TPSA) is 35.6 Å². The summed E-state index contributed by atoms with van der Waals surface area (Å²) in [7, 11) is 0. The van der Waals surface area contributed by atoms with Gasteiger partial charge in [-0.15, -0.1) is 0 Å².